The summed E-state index contributed by atoms with van der Waals surface area (Å²) in [7, 11) is 0. The largest absolute Gasteiger partial charge is 0.314 e. The molecule has 0 aromatic carbocycles. The van der Waals surface area contributed by atoms with Crippen LogP contribution >= 0.6 is 0 Å². The molecule has 1 heteroatoms. The summed E-state index contributed by atoms with van der Waals surface area (Å²) in [5, 5.41) is 3.83. The van der Waals surface area contributed by atoms with Crippen molar-refractivity contribution in [3.63, 3.8) is 0 Å². The van der Waals surface area contributed by atoms with Crippen LogP contribution < -0.4 is 5.32 Å². The Balaban J connectivity index is 2.58. The molecule has 114 valence electrons. The summed E-state index contributed by atoms with van der Waals surface area (Å²) in [5.41, 5.74) is 0.563. The van der Waals surface area contributed by atoms with Gasteiger partial charge < -0.3 is 5.32 Å². The average molecular weight is 268 g/mol. The van der Waals surface area contributed by atoms with E-state index >= 15 is 0 Å². The minimum Gasteiger partial charge on any atom is -0.314 e. The first-order valence-corrected chi connectivity index (χ1v) is 8.89. The van der Waals surface area contributed by atoms with Crippen LogP contribution in [0.2, 0.25) is 0 Å². The predicted molar refractivity (Wildman–Crippen MR) is 86.6 cm³/mol. The van der Waals surface area contributed by atoms with Crippen LogP contribution in [-0.2, 0) is 0 Å². The third-order valence-electron chi connectivity index (χ3n) is 5.40. The van der Waals surface area contributed by atoms with E-state index in [-0.39, 0.29) is 0 Å². The van der Waals surface area contributed by atoms with Crippen molar-refractivity contribution in [1.29, 1.82) is 0 Å². The van der Waals surface area contributed by atoms with Crippen molar-refractivity contribution in [2.24, 2.45) is 11.3 Å². The first kappa shape index (κ1) is 17.0. The summed E-state index contributed by atoms with van der Waals surface area (Å²) < 4.78 is 0. The molecule has 1 saturated carbocycles. The molecule has 0 heterocycles. The second-order valence-electron chi connectivity index (χ2n) is 6.98. The van der Waals surface area contributed by atoms with Gasteiger partial charge in [0.05, 0.1) is 0 Å². The van der Waals surface area contributed by atoms with Crippen LogP contribution in [0.1, 0.15) is 91.9 Å². The van der Waals surface area contributed by atoms with Crippen molar-refractivity contribution in [2.45, 2.75) is 97.9 Å². The quantitative estimate of drug-likeness (QED) is 0.578. The minimum atomic E-state index is 0.563. The first-order valence-electron chi connectivity index (χ1n) is 8.89. The Labute approximate surface area is 121 Å². The summed E-state index contributed by atoms with van der Waals surface area (Å²) >= 11 is 0. The van der Waals surface area contributed by atoms with E-state index in [0.717, 1.165) is 18.5 Å². The highest BCUT2D eigenvalue weighted by Gasteiger charge is 2.35. The third-order valence-corrected chi connectivity index (χ3v) is 5.40. The molecule has 0 bridgehead atoms. The normalized spacial score (nSPS) is 22.1. The second-order valence-corrected chi connectivity index (χ2v) is 6.98. The van der Waals surface area contributed by atoms with Gasteiger partial charge in [-0.1, -0.05) is 72.6 Å². The van der Waals surface area contributed by atoms with Gasteiger partial charge in [0.1, 0.15) is 0 Å². The van der Waals surface area contributed by atoms with E-state index in [9.17, 15) is 0 Å². The zero-order chi connectivity index (χ0) is 14.1. The van der Waals surface area contributed by atoms with E-state index in [2.05, 4.69) is 33.0 Å². The van der Waals surface area contributed by atoms with Crippen LogP contribution in [0.3, 0.4) is 0 Å². The Hall–Kier alpha value is -0.0400. The highest BCUT2D eigenvalue weighted by atomic mass is 14.9. The van der Waals surface area contributed by atoms with E-state index in [1.165, 1.54) is 64.2 Å². The van der Waals surface area contributed by atoms with Crippen LogP contribution in [0.4, 0.5) is 0 Å². The lowest BCUT2D eigenvalue weighted by Gasteiger charge is -2.42. The molecule has 0 radical (unpaired) electrons. The van der Waals surface area contributed by atoms with Crippen molar-refractivity contribution in [3.05, 3.63) is 0 Å². The highest BCUT2D eigenvalue weighted by molar-refractivity contribution is 4.91. The molecule has 1 fully saturated rings. The van der Waals surface area contributed by atoms with E-state index < -0.39 is 0 Å². The Kier molecular flexibility index (Phi) is 8.06. The van der Waals surface area contributed by atoms with Gasteiger partial charge in [-0.05, 0) is 37.1 Å². The summed E-state index contributed by atoms with van der Waals surface area (Å²) in [6, 6.07) is 0.750. The maximum absolute atomic E-state index is 3.83. The predicted octanol–water partition coefficient (Wildman–Crippen LogP) is 5.54. The lowest BCUT2D eigenvalue weighted by atomic mass is 9.68. The fraction of sp³-hybridized carbons (Fsp3) is 1.00. The van der Waals surface area contributed by atoms with Gasteiger partial charge in [0, 0.05) is 6.04 Å². The van der Waals surface area contributed by atoms with Gasteiger partial charge in [-0.3, -0.25) is 0 Å². The van der Waals surface area contributed by atoms with Crippen molar-refractivity contribution in [1.82, 2.24) is 5.32 Å². The molecule has 1 nitrogen and oxygen atoms in total. The maximum atomic E-state index is 3.83. The minimum absolute atomic E-state index is 0.563. The molecule has 0 amide bonds. The van der Waals surface area contributed by atoms with E-state index in [4.69, 9.17) is 0 Å². The summed E-state index contributed by atoms with van der Waals surface area (Å²) in [4.78, 5) is 0. The molecule has 2 atom stereocenters. The Morgan fingerprint density at radius 2 is 1.74 bits per heavy atom. The number of nitrogens with one attached hydrogen (secondary N) is 1. The molecule has 19 heavy (non-hydrogen) atoms. The monoisotopic (exact) mass is 267 g/mol. The second kappa shape index (κ2) is 9.00. The lowest BCUT2D eigenvalue weighted by Crippen LogP contribution is -2.45. The molecule has 1 rings (SSSR count). The molecule has 1 aliphatic rings. The van der Waals surface area contributed by atoms with E-state index in [0.29, 0.717) is 5.41 Å². The molecular weight excluding hydrogens is 230 g/mol. The number of hydrogen-bond acceptors (Lipinski definition) is 1. The molecule has 1 aliphatic carbocycles. The van der Waals surface area contributed by atoms with Crippen LogP contribution in [-0.4, -0.2) is 12.6 Å². The van der Waals surface area contributed by atoms with Crippen molar-refractivity contribution in [2.75, 3.05) is 6.54 Å². The maximum Gasteiger partial charge on any atom is 0.0123 e. The van der Waals surface area contributed by atoms with Gasteiger partial charge in [-0.15, -0.1) is 0 Å². The number of unbranched alkanes of at least 4 members (excludes halogenated alkanes) is 1. The Morgan fingerprint density at radius 1 is 1.05 bits per heavy atom. The number of rotatable bonds is 9. The molecule has 0 spiro atoms. The van der Waals surface area contributed by atoms with Gasteiger partial charge in [0.15, 0.2) is 0 Å². The molecule has 0 aromatic heterocycles. The molecule has 0 aromatic rings. The van der Waals surface area contributed by atoms with Gasteiger partial charge in [-0.25, -0.2) is 0 Å². The zero-order valence-electron chi connectivity index (χ0n) is 13.9. The topological polar surface area (TPSA) is 12.0 Å². The molecule has 2 unspecified atom stereocenters. The molecular formula is C18H37N. The SMILES string of the molecule is CCCCC(CC)CC(NCC)C1(C)CCCCC1. The van der Waals surface area contributed by atoms with Gasteiger partial charge in [0.2, 0.25) is 0 Å². The smallest absolute Gasteiger partial charge is 0.0123 e. The fourth-order valence-electron chi connectivity index (χ4n) is 3.88. The number of hydrogen-bond donors (Lipinski definition) is 1. The zero-order valence-corrected chi connectivity index (χ0v) is 13.9. The van der Waals surface area contributed by atoms with Crippen LogP contribution in [0.15, 0.2) is 0 Å². The fourth-order valence-corrected chi connectivity index (χ4v) is 3.88. The van der Waals surface area contributed by atoms with Crippen molar-refractivity contribution in [3.8, 4) is 0 Å². The van der Waals surface area contributed by atoms with Gasteiger partial charge in [-0.2, -0.15) is 0 Å². The summed E-state index contributed by atoms with van der Waals surface area (Å²) in [6.45, 7) is 10.6. The van der Waals surface area contributed by atoms with Crippen LogP contribution in [0.25, 0.3) is 0 Å². The van der Waals surface area contributed by atoms with Gasteiger partial charge in [0.25, 0.3) is 0 Å². The van der Waals surface area contributed by atoms with Crippen molar-refractivity contribution < 1.29 is 0 Å². The van der Waals surface area contributed by atoms with E-state index in [1.54, 1.807) is 0 Å². The summed E-state index contributed by atoms with van der Waals surface area (Å²) in [6.07, 6.45) is 14.2. The molecule has 1 N–H and O–H groups in total. The van der Waals surface area contributed by atoms with E-state index in [1.807, 2.05) is 0 Å². The Morgan fingerprint density at radius 3 is 2.26 bits per heavy atom. The molecule has 0 saturated heterocycles. The Bertz CT molecular complexity index is 218. The first-order chi connectivity index (χ1) is 9.16. The standard InChI is InChI=1S/C18H37N/c1-5-8-12-16(6-2)15-17(19-7-3)18(4)13-10-9-11-14-18/h16-17,19H,5-15H2,1-4H3. The van der Waals surface area contributed by atoms with Crippen LogP contribution in [0, 0.1) is 11.3 Å². The van der Waals surface area contributed by atoms with Crippen molar-refractivity contribution >= 4 is 0 Å². The highest BCUT2D eigenvalue weighted by Crippen LogP contribution is 2.41. The summed E-state index contributed by atoms with van der Waals surface area (Å²) in [5.74, 6) is 0.933. The molecule has 0 aliphatic heterocycles. The average Bonchev–Trinajstić information content (AvgIpc) is 2.43. The van der Waals surface area contributed by atoms with Crippen LogP contribution in [0.5, 0.6) is 0 Å². The lowest BCUT2D eigenvalue weighted by molar-refractivity contribution is 0.123. The van der Waals surface area contributed by atoms with Gasteiger partial charge >= 0.3 is 0 Å². The third kappa shape index (κ3) is 5.45.